The molecule has 0 atom stereocenters. The summed E-state index contributed by atoms with van der Waals surface area (Å²) < 4.78 is 7.14. The molecule has 1 N–H and O–H groups in total. The fourth-order valence-electron chi connectivity index (χ4n) is 2.31. The number of carbonyl (C=O) groups excluding carboxylic acids is 1. The van der Waals surface area contributed by atoms with Crippen molar-refractivity contribution in [2.75, 3.05) is 12.9 Å². The average molecular weight is 354 g/mol. The molecule has 0 radical (unpaired) electrons. The molecule has 0 aliphatic heterocycles. The first-order valence-electron chi connectivity index (χ1n) is 7.75. The van der Waals surface area contributed by atoms with E-state index in [9.17, 15) is 4.79 Å². The van der Waals surface area contributed by atoms with E-state index in [1.165, 1.54) is 11.8 Å². The third-order valence-corrected chi connectivity index (χ3v) is 4.49. The van der Waals surface area contributed by atoms with Crippen LogP contribution < -0.4 is 10.1 Å². The molecule has 3 aromatic rings. The van der Waals surface area contributed by atoms with Crippen molar-refractivity contribution in [2.45, 2.75) is 11.7 Å². The van der Waals surface area contributed by atoms with Gasteiger partial charge in [0.2, 0.25) is 5.91 Å². The zero-order valence-corrected chi connectivity index (χ0v) is 14.6. The summed E-state index contributed by atoms with van der Waals surface area (Å²) in [5.41, 5.74) is 1.90. The van der Waals surface area contributed by atoms with Crippen LogP contribution in [0.2, 0.25) is 0 Å². The molecule has 0 fully saturated rings. The molecule has 1 heterocycles. The minimum absolute atomic E-state index is 0.0708. The minimum Gasteiger partial charge on any atom is -0.496 e. The number of benzene rings is 2. The molecule has 0 saturated carbocycles. The highest BCUT2D eigenvalue weighted by Gasteiger charge is 2.10. The molecule has 25 heavy (non-hydrogen) atoms. The molecule has 0 bridgehead atoms. The third-order valence-electron chi connectivity index (χ3n) is 3.55. The first-order valence-corrected chi connectivity index (χ1v) is 8.73. The smallest absolute Gasteiger partial charge is 0.230 e. The average Bonchev–Trinajstić information content (AvgIpc) is 3.14. The van der Waals surface area contributed by atoms with E-state index in [0.29, 0.717) is 11.7 Å². The fourth-order valence-corrected chi connectivity index (χ4v) is 3.07. The standard InChI is InChI=1S/C18H18N4O2S/c1-24-16-10-6-5-7-14(16)11-19-17(23)12-25-18-21-20-13-22(18)15-8-3-2-4-9-15/h2-10,13H,11-12H2,1H3,(H,19,23). The summed E-state index contributed by atoms with van der Waals surface area (Å²) in [4.78, 5) is 12.1. The van der Waals surface area contributed by atoms with Crippen LogP contribution in [0.5, 0.6) is 5.75 Å². The van der Waals surface area contributed by atoms with Gasteiger partial charge in [-0.2, -0.15) is 0 Å². The van der Waals surface area contributed by atoms with Crippen molar-refractivity contribution in [3.05, 3.63) is 66.5 Å². The minimum atomic E-state index is -0.0708. The zero-order valence-electron chi connectivity index (χ0n) is 13.8. The van der Waals surface area contributed by atoms with Crippen LogP contribution in [0.3, 0.4) is 0 Å². The Balaban J connectivity index is 1.56. The van der Waals surface area contributed by atoms with Crippen molar-refractivity contribution in [1.82, 2.24) is 20.1 Å². The number of nitrogens with zero attached hydrogens (tertiary/aromatic N) is 3. The molecule has 0 unspecified atom stereocenters. The summed E-state index contributed by atoms with van der Waals surface area (Å²) in [6.07, 6.45) is 1.64. The summed E-state index contributed by atoms with van der Waals surface area (Å²) in [5, 5.41) is 11.6. The zero-order chi connectivity index (χ0) is 17.5. The molecule has 2 aromatic carbocycles. The van der Waals surface area contributed by atoms with Crippen LogP contribution in [0.1, 0.15) is 5.56 Å². The van der Waals surface area contributed by atoms with Crippen molar-refractivity contribution < 1.29 is 9.53 Å². The second kappa shape index (κ2) is 8.34. The van der Waals surface area contributed by atoms with Gasteiger partial charge in [0, 0.05) is 17.8 Å². The predicted molar refractivity (Wildman–Crippen MR) is 96.9 cm³/mol. The fraction of sp³-hybridized carbons (Fsp3) is 0.167. The highest BCUT2D eigenvalue weighted by Crippen LogP contribution is 2.19. The Morgan fingerprint density at radius 1 is 1.16 bits per heavy atom. The van der Waals surface area contributed by atoms with E-state index < -0.39 is 0 Å². The third kappa shape index (κ3) is 4.39. The number of thioether (sulfide) groups is 1. The van der Waals surface area contributed by atoms with E-state index in [-0.39, 0.29) is 11.7 Å². The van der Waals surface area contributed by atoms with Gasteiger partial charge in [-0.15, -0.1) is 10.2 Å². The molecule has 1 aromatic heterocycles. The maximum atomic E-state index is 12.1. The van der Waals surface area contributed by atoms with Gasteiger partial charge in [-0.25, -0.2) is 0 Å². The number of nitrogens with one attached hydrogen (secondary N) is 1. The van der Waals surface area contributed by atoms with Gasteiger partial charge in [-0.1, -0.05) is 48.2 Å². The monoisotopic (exact) mass is 354 g/mol. The van der Waals surface area contributed by atoms with Crippen molar-refractivity contribution in [2.24, 2.45) is 0 Å². The van der Waals surface area contributed by atoms with Crippen LogP contribution in [-0.4, -0.2) is 33.5 Å². The van der Waals surface area contributed by atoms with Gasteiger partial charge in [0.05, 0.1) is 12.9 Å². The van der Waals surface area contributed by atoms with E-state index in [0.717, 1.165) is 17.0 Å². The van der Waals surface area contributed by atoms with E-state index in [1.54, 1.807) is 13.4 Å². The van der Waals surface area contributed by atoms with Gasteiger partial charge in [0.1, 0.15) is 12.1 Å². The maximum absolute atomic E-state index is 12.1. The summed E-state index contributed by atoms with van der Waals surface area (Å²) in [6.45, 7) is 0.425. The Kier molecular flexibility index (Phi) is 5.69. The summed E-state index contributed by atoms with van der Waals surface area (Å²) in [7, 11) is 1.62. The number of amides is 1. The summed E-state index contributed by atoms with van der Waals surface area (Å²) in [5.74, 6) is 0.957. The quantitative estimate of drug-likeness (QED) is 0.661. The lowest BCUT2D eigenvalue weighted by molar-refractivity contribution is -0.118. The Hall–Kier alpha value is -2.80. The molecule has 6 nitrogen and oxygen atoms in total. The van der Waals surface area contributed by atoms with Crippen LogP contribution >= 0.6 is 11.8 Å². The number of hydrogen-bond acceptors (Lipinski definition) is 5. The van der Waals surface area contributed by atoms with E-state index >= 15 is 0 Å². The molecular formula is C18H18N4O2S. The molecular weight excluding hydrogens is 336 g/mol. The largest absolute Gasteiger partial charge is 0.496 e. The van der Waals surface area contributed by atoms with Gasteiger partial charge in [0.25, 0.3) is 0 Å². The first kappa shape index (κ1) is 17.0. The Bertz CT molecular complexity index is 836. The number of aromatic nitrogens is 3. The predicted octanol–water partition coefficient (Wildman–Crippen LogP) is 2.68. The number of carbonyl (C=O) groups is 1. The summed E-state index contributed by atoms with van der Waals surface area (Å²) in [6, 6.07) is 17.4. The Morgan fingerprint density at radius 2 is 1.92 bits per heavy atom. The molecule has 0 aliphatic carbocycles. The van der Waals surface area contributed by atoms with Crippen LogP contribution in [0.25, 0.3) is 5.69 Å². The van der Waals surface area contributed by atoms with E-state index in [1.807, 2.05) is 59.2 Å². The number of para-hydroxylation sites is 2. The lowest BCUT2D eigenvalue weighted by Crippen LogP contribution is -2.25. The van der Waals surface area contributed by atoms with Crippen LogP contribution in [-0.2, 0) is 11.3 Å². The molecule has 7 heteroatoms. The number of ether oxygens (including phenoxy) is 1. The van der Waals surface area contributed by atoms with Gasteiger partial charge in [-0.3, -0.25) is 9.36 Å². The van der Waals surface area contributed by atoms with Gasteiger partial charge in [0.15, 0.2) is 5.16 Å². The lowest BCUT2D eigenvalue weighted by atomic mass is 10.2. The molecule has 0 aliphatic rings. The highest BCUT2D eigenvalue weighted by molar-refractivity contribution is 7.99. The van der Waals surface area contributed by atoms with E-state index in [4.69, 9.17) is 4.74 Å². The van der Waals surface area contributed by atoms with Crippen molar-refractivity contribution in [3.8, 4) is 11.4 Å². The Morgan fingerprint density at radius 3 is 2.72 bits per heavy atom. The summed E-state index contributed by atoms with van der Waals surface area (Å²) >= 11 is 1.35. The molecule has 0 saturated heterocycles. The lowest BCUT2D eigenvalue weighted by Gasteiger charge is -2.09. The number of rotatable bonds is 7. The van der Waals surface area contributed by atoms with Crippen molar-refractivity contribution >= 4 is 17.7 Å². The molecule has 3 rings (SSSR count). The van der Waals surface area contributed by atoms with Crippen LogP contribution in [0.4, 0.5) is 0 Å². The second-order valence-electron chi connectivity index (χ2n) is 5.20. The first-order chi connectivity index (χ1) is 12.3. The second-order valence-corrected chi connectivity index (χ2v) is 6.14. The SMILES string of the molecule is COc1ccccc1CNC(=O)CSc1nncn1-c1ccccc1. The maximum Gasteiger partial charge on any atom is 0.230 e. The number of hydrogen-bond donors (Lipinski definition) is 1. The van der Waals surface area contributed by atoms with Gasteiger partial charge in [-0.05, 0) is 18.2 Å². The van der Waals surface area contributed by atoms with Crippen LogP contribution in [0.15, 0.2) is 66.1 Å². The molecule has 0 spiro atoms. The van der Waals surface area contributed by atoms with E-state index in [2.05, 4.69) is 15.5 Å². The normalized spacial score (nSPS) is 10.4. The van der Waals surface area contributed by atoms with Gasteiger partial charge < -0.3 is 10.1 Å². The van der Waals surface area contributed by atoms with Crippen molar-refractivity contribution in [3.63, 3.8) is 0 Å². The highest BCUT2D eigenvalue weighted by atomic mass is 32.2. The molecule has 128 valence electrons. The number of methoxy groups -OCH3 is 1. The Labute approximate surface area is 150 Å². The topological polar surface area (TPSA) is 69.0 Å². The van der Waals surface area contributed by atoms with Gasteiger partial charge >= 0.3 is 0 Å². The molecule has 1 amide bonds. The van der Waals surface area contributed by atoms with Crippen LogP contribution in [0, 0.1) is 0 Å². The van der Waals surface area contributed by atoms with Crippen molar-refractivity contribution in [1.29, 1.82) is 0 Å².